The van der Waals surface area contributed by atoms with Crippen LogP contribution in [0.1, 0.15) is 44.2 Å². The number of piperidine rings is 1. The Morgan fingerprint density at radius 1 is 1.02 bits per heavy atom. The molecule has 0 aliphatic carbocycles. The maximum absolute atomic E-state index is 13.6. The van der Waals surface area contributed by atoms with E-state index in [-0.39, 0.29) is 18.3 Å². The summed E-state index contributed by atoms with van der Waals surface area (Å²) in [6.07, 6.45) is 5.65. The molecule has 0 spiro atoms. The second-order valence-electron chi connectivity index (χ2n) is 9.80. The van der Waals surface area contributed by atoms with Crippen LogP contribution in [0.25, 0.3) is 6.08 Å². The highest BCUT2D eigenvalue weighted by atomic mass is 127. The summed E-state index contributed by atoms with van der Waals surface area (Å²) < 4.78 is 26.4. The summed E-state index contributed by atoms with van der Waals surface area (Å²) in [6, 6.07) is 18.5. The Morgan fingerprint density at radius 2 is 1.80 bits per heavy atom. The first-order valence-electron chi connectivity index (χ1n) is 13.9. The van der Waals surface area contributed by atoms with E-state index >= 15 is 0 Å². The number of halogens is 2. The quantitative estimate of drug-likeness (QED) is 0.169. The van der Waals surface area contributed by atoms with Gasteiger partial charge in [-0.15, -0.1) is 0 Å². The SMILES string of the molecule is CCOc1cc(/C=C2\SC(=Nc3ccc(N4CCCCC4)cc3)N(CC)C2=O)cc(I)c1OCc1cccc(F)c1. The molecule has 0 unspecified atom stereocenters. The van der Waals surface area contributed by atoms with Gasteiger partial charge in [0, 0.05) is 25.3 Å². The Bertz CT molecular complexity index is 1460. The number of hydrogen-bond acceptors (Lipinski definition) is 6. The summed E-state index contributed by atoms with van der Waals surface area (Å²) in [7, 11) is 0. The minimum Gasteiger partial charge on any atom is -0.490 e. The molecule has 1 amide bonds. The first-order valence-corrected chi connectivity index (χ1v) is 15.8. The van der Waals surface area contributed by atoms with Crippen LogP contribution in [0, 0.1) is 9.39 Å². The Hall–Kier alpha value is -3.05. The van der Waals surface area contributed by atoms with Gasteiger partial charge in [0.1, 0.15) is 12.4 Å². The van der Waals surface area contributed by atoms with E-state index in [4.69, 9.17) is 14.5 Å². The van der Waals surface area contributed by atoms with Crippen LogP contribution in [-0.2, 0) is 11.4 Å². The molecule has 0 atom stereocenters. The lowest BCUT2D eigenvalue weighted by Crippen LogP contribution is -2.29. The monoisotopic (exact) mass is 685 g/mol. The van der Waals surface area contributed by atoms with Crippen LogP contribution >= 0.6 is 34.4 Å². The normalized spacial score (nSPS) is 17.5. The van der Waals surface area contributed by atoms with Crippen molar-refractivity contribution in [1.82, 2.24) is 4.90 Å². The van der Waals surface area contributed by atoms with Gasteiger partial charge in [-0.2, -0.15) is 0 Å². The summed E-state index contributed by atoms with van der Waals surface area (Å²) in [4.78, 5) is 22.9. The molecule has 3 aromatic carbocycles. The number of ether oxygens (including phenoxy) is 2. The third kappa shape index (κ3) is 7.24. The average Bonchev–Trinajstić information content (AvgIpc) is 3.26. The summed E-state index contributed by atoms with van der Waals surface area (Å²) in [5, 5.41) is 0.671. The number of amides is 1. The van der Waals surface area contributed by atoms with E-state index in [2.05, 4.69) is 39.6 Å². The molecule has 2 aliphatic heterocycles. The van der Waals surface area contributed by atoms with Crippen molar-refractivity contribution in [1.29, 1.82) is 0 Å². The summed E-state index contributed by atoms with van der Waals surface area (Å²) >= 11 is 3.58. The lowest BCUT2D eigenvalue weighted by atomic mass is 10.1. The molecule has 6 nitrogen and oxygen atoms in total. The minimum atomic E-state index is -0.301. The molecule has 3 aromatic rings. The van der Waals surface area contributed by atoms with Gasteiger partial charge >= 0.3 is 0 Å². The number of hydrogen-bond donors (Lipinski definition) is 0. The van der Waals surface area contributed by atoms with Gasteiger partial charge in [0.15, 0.2) is 16.7 Å². The molecule has 2 aliphatic rings. The van der Waals surface area contributed by atoms with Crippen molar-refractivity contribution < 1.29 is 18.7 Å². The third-order valence-corrected chi connectivity index (χ3v) is 8.71. The Morgan fingerprint density at radius 3 is 2.51 bits per heavy atom. The summed E-state index contributed by atoms with van der Waals surface area (Å²) in [6.45, 7) is 7.26. The molecular weight excluding hydrogens is 652 g/mol. The molecule has 5 rings (SSSR count). The Labute approximate surface area is 258 Å². The molecule has 41 heavy (non-hydrogen) atoms. The summed E-state index contributed by atoms with van der Waals surface area (Å²) in [5.74, 6) is 0.799. The number of carbonyl (C=O) groups excluding carboxylic acids is 1. The number of aliphatic imine (C=N–C) groups is 1. The zero-order valence-corrected chi connectivity index (χ0v) is 26.2. The van der Waals surface area contributed by atoms with E-state index < -0.39 is 0 Å². The van der Waals surface area contributed by atoms with Crippen LogP contribution in [0.5, 0.6) is 11.5 Å². The van der Waals surface area contributed by atoms with Crippen LogP contribution in [0.2, 0.25) is 0 Å². The first kappa shape index (κ1) is 29.4. The Kier molecular flexibility index (Phi) is 9.87. The van der Waals surface area contributed by atoms with Crippen LogP contribution in [-0.4, -0.2) is 42.2 Å². The highest BCUT2D eigenvalue weighted by Crippen LogP contribution is 2.38. The molecule has 0 N–H and O–H groups in total. The number of likely N-dealkylation sites (N-methyl/N-ethyl adjacent to an activating group) is 1. The molecule has 214 valence electrons. The zero-order chi connectivity index (χ0) is 28.8. The number of carbonyl (C=O) groups is 1. The molecule has 0 bridgehead atoms. The second-order valence-corrected chi connectivity index (χ2v) is 12.0. The van der Waals surface area contributed by atoms with E-state index in [0.717, 1.165) is 33.5 Å². The number of anilines is 1. The molecule has 0 aromatic heterocycles. The number of amidine groups is 1. The lowest BCUT2D eigenvalue weighted by molar-refractivity contribution is -0.122. The molecular formula is C32H33FIN3O3S. The number of rotatable bonds is 9. The van der Waals surface area contributed by atoms with Crippen molar-refractivity contribution in [3.63, 3.8) is 0 Å². The fourth-order valence-electron chi connectivity index (χ4n) is 4.88. The van der Waals surface area contributed by atoms with Crippen LogP contribution in [0.3, 0.4) is 0 Å². The van der Waals surface area contributed by atoms with Gasteiger partial charge < -0.3 is 14.4 Å². The van der Waals surface area contributed by atoms with Crippen molar-refractivity contribution in [3.05, 3.63) is 86.1 Å². The van der Waals surface area contributed by atoms with Crippen molar-refractivity contribution in [2.24, 2.45) is 4.99 Å². The predicted molar refractivity (Wildman–Crippen MR) is 174 cm³/mol. The topological polar surface area (TPSA) is 54.4 Å². The third-order valence-electron chi connectivity index (χ3n) is 6.90. The maximum Gasteiger partial charge on any atom is 0.266 e. The van der Waals surface area contributed by atoms with E-state index in [1.807, 2.05) is 50.3 Å². The van der Waals surface area contributed by atoms with Crippen LogP contribution in [0.15, 0.2) is 70.6 Å². The molecule has 9 heteroatoms. The van der Waals surface area contributed by atoms with E-state index in [0.29, 0.717) is 34.7 Å². The van der Waals surface area contributed by atoms with Gasteiger partial charge in [0.25, 0.3) is 5.91 Å². The van der Waals surface area contributed by atoms with Crippen molar-refractivity contribution in [3.8, 4) is 11.5 Å². The molecule has 2 saturated heterocycles. The van der Waals surface area contributed by atoms with Gasteiger partial charge in [0.05, 0.1) is 20.8 Å². The maximum atomic E-state index is 13.6. The highest BCUT2D eigenvalue weighted by molar-refractivity contribution is 14.1. The van der Waals surface area contributed by atoms with E-state index in [1.165, 1.54) is 48.8 Å². The van der Waals surface area contributed by atoms with Gasteiger partial charge in [-0.05, 0) is 133 Å². The molecule has 0 radical (unpaired) electrons. The first-order chi connectivity index (χ1) is 19.9. The number of thioether (sulfide) groups is 1. The van der Waals surface area contributed by atoms with E-state index in [9.17, 15) is 9.18 Å². The average molecular weight is 686 g/mol. The minimum absolute atomic E-state index is 0.0689. The second kappa shape index (κ2) is 13.7. The van der Waals surface area contributed by atoms with Crippen molar-refractivity contribution >= 4 is 62.9 Å². The van der Waals surface area contributed by atoms with Crippen LogP contribution < -0.4 is 14.4 Å². The zero-order valence-electron chi connectivity index (χ0n) is 23.2. The molecule has 2 fully saturated rings. The smallest absolute Gasteiger partial charge is 0.266 e. The molecule has 0 saturated carbocycles. The summed E-state index contributed by atoms with van der Waals surface area (Å²) in [5.41, 5.74) is 3.61. The van der Waals surface area contributed by atoms with Crippen molar-refractivity contribution in [2.45, 2.75) is 39.7 Å². The fourth-order valence-corrected chi connectivity index (χ4v) is 6.72. The fraction of sp³-hybridized carbons (Fsp3) is 0.312. The van der Waals surface area contributed by atoms with Gasteiger partial charge in [-0.1, -0.05) is 12.1 Å². The number of nitrogens with zero attached hydrogens (tertiary/aromatic N) is 3. The predicted octanol–water partition coefficient (Wildman–Crippen LogP) is 8.02. The van der Waals surface area contributed by atoms with Gasteiger partial charge in [-0.3, -0.25) is 9.69 Å². The van der Waals surface area contributed by atoms with Crippen molar-refractivity contribution in [2.75, 3.05) is 31.1 Å². The van der Waals surface area contributed by atoms with Gasteiger partial charge in [-0.25, -0.2) is 9.38 Å². The van der Waals surface area contributed by atoms with Gasteiger partial charge in [0.2, 0.25) is 0 Å². The lowest BCUT2D eigenvalue weighted by Gasteiger charge is -2.28. The highest BCUT2D eigenvalue weighted by Gasteiger charge is 2.32. The standard InChI is InChI=1S/C32H33FIN3O3S/c1-3-37-31(38)29(41-32(37)35-25-11-13-26(14-12-25)36-15-6-5-7-16-36)20-23-18-27(34)30(28(19-23)39-4-2)40-21-22-9-8-10-24(33)17-22/h8-14,17-20H,3-7,15-16,21H2,1-2H3/b29-20-,35-32?. The Balaban J connectivity index is 1.36. The van der Waals surface area contributed by atoms with E-state index in [1.54, 1.807) is 11.0 Å². The molecule has 2 heterocycles. The largest absolute Gasteiger partial charge is 0.490 e. The van der Waals surface area contributed by atoms with Crippen LogP contribution in [0.4, 0.5) is 15.8 Å². The number of benzene rings is 3.